The quantitative estimate of drug-likeness (QED) is 0.585. The zero-order chi connectivity index (χ0) is 23.8. The van der Waals surface area contributed by atoms with Gasteiger partial charge in [-0.2, -0.15) is 0 Å². The van der Waals surface area contributed by atoms with Crippen LogP contribution in [0.15, 0.2) is 17.1 Å². The first-order valence-electron chi connectivity index (χ1n) is 12.3. The second kappa shape index (κ2) is 9.62. The van der Waals surface area contributed by atoms with Gasteiger partial charge in [-0.25, -0.2) is 12.7 Å². The minimum absolute atomic E-state index is 0.137. The number of aliphatic imine (C=N–C) groups is 1. The fraction of sp³-hybridized carbons (Fsp3) is 0.680. The van der Waals surface area contributed by atoms with Crippen LogP contribution in [0.4, 0.5) is 5.69 Å². The van der Waals surface area contributed by atoms with E-state index in [0.29, 0.717) is 38.3 Å². The normalized spacial score (nSPS) is 25.7. The molecular formula is C25H38N4O2S2. The van der Waals surface area contributed by atoms with Crippen molar-refractivity contribution < 1.29 is 8.42 Å². The molecule has 8 heteroatoms. The van der Waals surface area contributed by atoms with Gasteiger partial charge < -0.3 is 10.6 Å². The van der Waals surface area contributed by atoms with Gasteiger partial charge in [-0.15, -0.1) is 0 Å². The zero-order valence-corrected chi connectivity index (χ0v) is 22.0. The van der Waals surface area contributed by atoms with E-state index >= 15 is 0 Å². The molecule has 6 nitrogen and oxygen atoms in total. The van der Waals surface area contributed by atoms with Gasteiger partial charge in [0, 0.05) is 31.7 Å². The molecular weight excluding hydrogens is 452 g/mol. The predicted molar refractivity (Wildman–Crippen MR) is 141 cm³/mol. The molecule has 2 aliphatic heterocycles. The van der Waals surface area contributed by atoms with Gasteiger partial charge in [0.25, 0.3) is 0 Å². The van der Waals surface area contributed by atoms with E-state index in [4.69, 9.17) is 17.2 Å². The number of aryl methyl sites for hydroxylation is 2. The van der Waals surface area contributed by atoms with Crippen molar-refractivity contribution in [2.24, 2.45) is 16.8 Å². The fourth-order valence-corrected chi connectivity index (χ4v) is 7.45. The van der Waals surface area contributed by atoms with E-state index in [1.807, 2.05) is 7.05 Å². The van der Waals surface area contributed by atoms with Crippen LogP contribution in [0.5, 0.6) is 0 Å². The number of nitrogens with zero attached hydrogens (tertiary/aromatic N) is 2. The van der Waals surface area contributed by atoms with E-state index in [9.17, 15) is 8.42 Å². The Morgan fingerprint density at radius 2 is 1.76 bits per heavy atom. The van der Waals surface area contributed by atoms with Crippen molar-refractivity contribution in [1.82, 2.24) is 9.62 Å². The predicted octanol–water partition coefficient (Wildman–Crippen LogP) is 4.21. The lowest BCUT2D eigenvalue weighted by molar-refractivity contribution is 0.291. The first kappa shape index (κ1) is 24.6. The average Bonchev–Trinajstić information content (AvgIpc) is 3.09. The molecule has 2 N–H and O–H groups in total. The monoisotopic (exact) mass is 490 g/mol. The average molecular weight is 491 g/mol. The highest BCUT2D eigenvalue weighted by Crippen LogP contribution is 2.36. The number of amidine groups is 1. The van der Waals surface area contributed by atoms with Crippen LogP contribution in [0.3, 0.4) is 0 Å². The van der Waals surface area contributed by atoms with Crippen LogP contribution in [-0.4, -0.2) is 55.0 Å². The summed E-state index contributed by atoms with van der Waals surface area (Å²) in [5.41, 5.74) is 4.04. The molecule has 33 heavy (non-hydrogen) atoms. The summed E-state index contributed by atoms with van der Waals surface area (Å²) in [5, 5.41) is 6.59. The Kier molecular flexibility index (Phi) is 7.18. The van der Waals surface area contributed by atoms with E-state index in [0.717, 1.165) is 39.1 Å². The maximum absolute atomic E-state index is 13.2. The lowest BCUT2D eigenvalue weighted by Gasteiger charge is -2.36. The van der Waals surface area contributed by atoms with Gasteiger partial charge in [0.05, 0.1) is 5.75 Å². The fourth-order valence-electron chi connectivity index (χ4n) is 5.63. The molecule has 1 aliphatic carbocycles. The number of hydrogen-bond acceptors (Lipinski definition) is 5. The van der Waals surface area contributed by atoms with Crippen molar-refractivity contribution in [1.29, 1.82) is 0 Å². The molecule has 0 radical (unpaired) electrons. The second-order valence-electron chi connectivity index (χ2n) is 10.2. The number of anilines is 1. The number of thiocarbonyl (C=S) groups is 1. The van der Waals surface area contributed by atoms with Crippen LogP contribution < -0.4 is 10.6 Å². The smallest absolute Gasteiger partial charge is 0.214 e. The molecule has 1 aromatic rings. The summed E-state index contributed by atoms with van der Waals surface area (Å²) in [6.07, 6.45) is 6.69. The SMILES string of the molecule is CNc1cc(C)c(CCS(=O)(=O)N2CCC3(CC2)N=C(C2CCC(C)CC2)NC3=S)c(C)c1. The molecule has 2 heterocycles. The first-order valence-corrected chi connectivity index (χ1v) is 14.3. The van der Waals surface area contributed by atoms with Crippen molar-refractivity contribution in [2.75, 3.05) is 31.2 Å². The van der Waals surface area contributed by atoms with Crippen molar-refractivity contribution in [2.45, 2.75) is 71.3 Å². The topological polar surface area (TPSA) is 73.8 Å². The molecule has 3 aliphatic rings. The molecule has 0 unspecified atom stereocenters. The van der Waals surface area contributed by atoms with Gasteiger partial charge in [-0.3, -0.25) is 4.99 Å². The van der Waals surface area contributed by atoms with E-state index < -0.39 is 15.6 Å². The van der Waals surface area contributed by atoms with Gasteiger partial charge >= 0.3 is 0 Å². The van der Waals surface area contributed by atoms with Crippen LogP contribution >= 0.6 is 12.2 Å². The molecule has 0 aromatic heterocycles. The Morgan fingerprint density at radius 3 is 2.33 bits per heavy atom. The molecule has 0 atom stereocenters. The van der Waals surface area contributed by atoms with Crippen molar-refractivity contribution in [3.63, 3.8) is 0 Å². The molecule has 4 rings (SSSR count). The van der Waals surface area contributed by atoms with Crippen molar-refractivity contribution in [3.05, 3.63) is 28.8 Å². The summed E-state index contributed by atoms with van der Waals surface area (Å²) in [6.45, 7) is 7.40. The van der Waals surface area contributed by atoms with Gasteiger partial charge in [-0.1, -0.05) is 32.0 Å². The van der Waals surface area contributed by atoms with E-state index in [-0.39, 0.29) is 5.75 Å². The summed E-state index contributed by atoms with van der Waals surface area (Å²) < 4.78 is 28.0. The van der Waals surface area contributed by atoms with Crippen LogP contribution in [-0.2, 0) is 16.4 Å². The first-order chi connectivity index (χ1) is 15.6. The Balaban J connectivity index is 1.38. The number of rotatable bonds is 6. The Labute approximate surface area is 204 Å². The zero-order valence-electron chi connectivity index (χ0n) is 20.4. The maximum Gasteiger partial charge on any atom is 0.214 e. The maximum atomic E-state index is 13.2. The van der Waals surface area contributed by atoms with Gasteiger partial charge in [0.2, 0.25) is 10.0 Å². The van der Waals surface area contributed by atoms with Crippen LogP contribution in [0.2, 0.25) is 0 Å². The van der Waals surface area contributed by atoms with Crippen LogP contribution in [0.25, 0.3) is 0 Å². The third-order valence-electron chi connectivity index (χ3n) is 7.94. The molecule has 0 amide bonds. The van der Waals surface area contributed by atoms with Gasteiger partial charge in [0.15, 0.2) is 0 Å². The second-order valence-corrected chi connectivity index (χ2v) is 12.7. The van der Waals surface area contributed by atoms with Gasteiger partial charge in [-0.05, 0) is 80.7 Å². The molecule has 1 spiro atoms. The molecule has 1 saturated heterocycles. The number of benzene rings is 1. The molecule has 1 saturated carbocycles. The van der Waals surface area contributed by atoms with Crippen molar-refractivity contribution in [3.8, 4) is 0 Å². The van der Waals surface area contributed by atoms with Crippen molar-refractivity contribution >= 4 is 38.8 Å². The number of sulfonamides is 1. The number of hydrogen-bond donors (Lipinski definition) is 2. The van der Waals surface area contributed by atoms with E-state index in [1.54, 1.807) is 4.31 Å². The Bertz CT molecular complexity index is 1010. The van der Waals surface area contributed by atoms with E-state index in [2.05, 4.69) is 43.5 Å². The summed E-state index contributed by atoms with van der Waals surface area (Å²) in [4.78, 5) is 5.89. The molecule has 1 aromatic carbocycles. The highest BCUT2D eigenvalue weighted by molar-refractivity contribution is 7.89. The standard InChI is InChI=1S/C25H38N4O2S2/c1-17-5-7-20(8-6-17)23-27-24(32)25(28-23)10-12-29(13-11-25)33(30,31)14-9-22-18(2)15-21(26-4)16-19(22)3/h15-17,20,26H,5-14H2,1-4H3,(H,27,28,32). The molecule has 2 fully saturated rings. The lowest BCUT2D eigenvalue weighted by atomic mass is 9.82. The highest BCUT2D eigenvalue weighted by Gasteiger charge is 2.45. The van der Waals surface area contributed by atoms with E-state index in [1.165, 1.54) is 25.7 Å². The highest BCUT2D eigenvalue weighted by atomic mass is 32.2. The lowest BCUT2D eigenvalue weighted by Crippen LogP contribution is -2.50. The molecule has 0 bridgehead atoms. The number of piperidine rings is 1. The number of nitrogens with one attached hydrogen (secondary N) is 2. The minimum atomic E-state index is -3.33. The summed E-state index contributed by atoms with van der Waals surface area (Å²) in [6, 6.07) is 4.16. The Hall–Kier alpha value is -1.51. The Morgan fingerprint density at radius 1 is 1.15 bits per heavy atom. The minimum Gasteiger partial charge on any atom is -0.388 e. The van der Waals surface area contributed by atoms with Crippen LogP contribution in [0.1, 0.15) is 62.1 Å². The van der Waals surface area contributed by atoms with Crippen LogP contribution in [0, 0.1) is 25.7 Å². The third-order valence-corrected chi connectivity index (χ3v) is 10.3. The van der Waals surface area contributed by atoms with Gasteiger partial charge in [0.1, 0.15) is 16.4 Å². The summed E-state index contributed by atoms with van der Waals surface area (Å²) >= 11 is 5.72. The largest absolute Gasteiger partial charge is 0.388 e. The third kappa shape index (κ3) is 5.13. The molecule has 182 valence electrons. The summed E-state index contributed by atoms with van der Waals surface area (Å²) in [5.74, 6) is 2.46. The summed E-state index contributed by atoms with van der Waals surface area (Å²) in [7, 11) is -1.43.